The predicted octanol–water partition coefficient (Wildman–Crippen LogP) is 1.05. The normalized spacial score (nSPS) is 14.0. The van der Waals surface area contributed by atoms with Crippen molar-refractivity contribution < 1.29 is 9.53 Å². The largest absolute Gasteiger partial charge is 0.383 e. The van der Waals surface area contributed by atoms with Gasteiger partial charge in [0.1, 0.15) is 0 Å². The van der Waals surface area contributed by atoms with Crippen LogP contribution >= 0.6 is 0 Å². The first-order valence-corrected chi connectivity index (χ1v) is 6.11. The number of nitrogens with zero attached hydrogens (tertiary/aromatic N) is 1. The fraction of sp³-hybridized carbons (Fsp3) is 0.500. The molecule has 2 atom stereocenters. The molecule has 0 radical (unpaired) electrons. The Hall–Kier alpha value is -1.39. The fourth-order valence-electron chi connectivity index (χ4n) is 1.79. The van der Waals surface area contributed by atoms with Gasteiger partial charge in [-0.2, -0.15) is 0 Å². The van der Waals surface area contributed by atoms with E-state index in [1.54, 1.807) is 19.1 Å². The van der Waals surface area contributed by atoms with Crippen LogP contribution in [0.1, 0.15) is 12.5 Å². The van der Waals surface area contributed by atoms with Gasteiger partial charge in [0.2, 0.25) is 5.91 Å². The number of likely N-dealkylation sites (N-methyl/N-ethyl adjacent to an activating group) is 1. The Bertz CT molecular complexity index is 367. The van der Waals surface area contributed by atoms with Crippen molar-refractivity contribution in [3.63, 3.8) is 0 Å². The highest BCUT2D eigenvalue weighted by Crippen LogP contribution is 2.05. The van der Waals surface area contributed by atoms with Crippen LogP contribution < -0.4 is 5.73 Å². The summed E-state index contributed by atoms with van der Waals surface area (Å²) in [7, 11) is 3.38. The highest BCUT2D eigenvalue weighted by atomic mass is 16.5. The Morgan fingerprint density at radius 2 is 2.00 bits per heavy atom. The Morgan fingerprint density at radius 1 is 1.39 bits per heavy atom. The van der Waals surface area contributed by atoms with Crippen LogP contribution in [0.2, 0.25) is 0 Å². The quantitative estimate of drug-likeness (QED) is 0.821. The molecule has 1 aromatic rings. The van der Waals surface area contributed by atoms with E-state index < -0.39 is 6.04 Å². The second-order valence-corrected chi connectivity index (χ2v) is 4.55. The molecule has 18 heavy (non-hydrogen) atoms. The van der Waals surface area contributed by atoms with Gasteiger partial charge in [0, 0.05) is 14.2 Å². The number of carbonyl (C=O) groups is 1. The topological polar surface area (TPSA) is 55.6 Å². The average molecular weight is 250 g/mol. The highest BCUT2D eigenvalue weighted by molar-refractivity contribution is 5.82. The van der Waals surface area contributed by atoms with E-state index in [9.17, 15) is 4.79 Å². The van der Waals surface area contributed by atoms with Crippen molar-refractivity contribution in [1.29, 1.82) is 0 Å². The van der Waals surface area contributed by atoms with Gasteiger partial charge in [0.05, 0.1) is 18.7 Å². The molecule has 0 bridgehead atoms. The van der Waals surface area contributed by atoms with Gasteiger partial charge in [0.25, 0.3) is 0 Å². The zero-order valence-electron chi connectivity index (χ0n) is 11.3. The molecule has 0 aromatic heterocycles. The maximum atomic E-state index is 12.1. The molecule has 2 N–H and O–H groups in total. The average Bonchev–Trinajstić information content (AvgIpc) is 2.38. The van der Waals surface area contributed by atoms with Crippen LogP contribution in [-0.2, 0) is 16.0 Å². The molecule has 0 saturated heterocycles. The third-order valence-electron chi connectivity index (χ3n) is 3.03. The Labute approximate surface area is 109 Å². The van der Waals surface area contributed by atoms with Gasteiger partial charge in [-0.15, -0.1) is 0 Å². The Kier molecular flexibility index (Phi) is 5.82. The van der Waals surface area contributed by atoms with Crippen molar-refractivity contribution in [1.82, 2.24) is 4.90 Å². The van der Waals surface area contributed by atoms with Crippen molar-refractivity contribution in [3.8, 4) is 0 Å². The van der Waals surface area contributed by atoms with Gasteiger partial charge in [-0.1, -0.05) is 30.3 Å². The molecule has 100 valence electrons. The number of hydrogen-bond acceptors (Lipinski definition) is 3. The molecule has 0 spiro atoms. The van der Waals surface area contributed by atoms with Gasteiger partial charge < -0.3 is 15.4 Å². The SMILES string of the molecule is COCC(C)N(C)C(=O)[C@H](N)Cc1ccccc1. The third kappa shape index (κ3) is 4.13. The van der Waals surface area contributed by atoms with Crippen LogP contribution in [0.3, 0.4) is 0 Å². The van der Waals surface area contributed by atoms with Gasteiger partial charge in [-0.25, -0.2) is 0 Å². The summed E-state index contributed by atoms with van der Waals surface area (Å²) in [6.45, 7) is 2.46. The summed E-state index contributed by atoms with van der Waals surface area (Å²) in [5.74, 6) is -0.0524. The smallest absolute Gasteiger partial charge is 0.239 e. The molecule has 0 aliphatic carbocycles. The van der Waals surface area contributed by atoms with Gasteiger partial charge in [0.15, 0.2) is 0 Å². The minimum absolute atomic E-state index is 0.0318. The molecule has 1 rings (SSSR count). The monoisotopic (exact) mass is 250 g/mol. The third-order valence-corrected chi connectivity index (χ3v) is 3.03. The molecule has 1 aromatic carbocycles. The standard InChI is InChI=1S/C14H22N2O2/c1-11(10-18-3)16(2)14(17)13(15)9-12-7-5-4-6-8-12/h4-8,11,13H,9-10,15H2,1-3H3/t11?,13-/m1/s1. The van der Waals surface area contributed by atoms with Crippen molar-refractivity contribution in [2.75, 3.05) is 20.8 Å². The summed E-state index contributed by atoms with van der Waals surface area (Å²) < 4.78 is 5.04. The number of carbonyl (C=O) groups excluding carboxylic acids is 1. The zero-order valence-corrected chi connectivity index (χ0v) is 11.3. The van der Waals surface area contributed by atoms with Gasteiger partial charge >= 0.3 is 0 Å². The number of rotatable bonds is 6. The van der Waals surface area contributed by atoms with Crippen molar-refractivity contribution in [3.05, 3.63) is 35.9 Å². The summed E-state index contributed by atoms with van der Waals surface area (Å²) in [4.78, 5) is 13.8. The van der Waals surface area contributed by atoms with Crippen LogP contribution in [0.4, 0.5) is 0 Å². The lowest BCUT2D eigenvalue weighted by molar-refractivity contribution is -0.134. The van der Waals surface area contributed by atoms with Crippen LogP contribution in [0.15, 0.2) is 30.3 Å². The van der Waals surface area contributed by atoms with Crippen LogP contribution in [0.25, 0.3) is 0 Å². The number of hydrogen-bond donors (Lipinski definition) is 1. The van der Waals surface area contributed by atoms with E-state index >= 15 is 0 Å². The van der Waals surface area contributed by atoms with E-state index in [2.05, 4.69) is 0 Å². The Balaban J connectivity index is 2.56. The van der Waals surface area contributed by atoms with E-state index in [4.69, 9.17) is 10.5 Å². The first kappa shape index (κ1) is 14.7. The zero-order chi connectivity index (χ0) is 13.5. The summed E-state index contributed by atoms with van der Waals surface area (Å²) in [6.07, 6.45) is 0.559. The lowest BCUT2D eigenvalue weighted by Gasteiger charge is -2.27. The molecule has 1 amide bonds. The maximum absolute atomic E-state index is 12.1. The molecule has 4 heteroatoms. The first-order valence-electron chi connectivity index (χ1n) is 6.11. The molecule has 0 fully saturated rings. The van der Waals surface area contributed by atoms with E-state index in [0.717, 1.165) is 5.56 Å². The molecule has 1 unspecified atom stereocenters. The number of amides is 1. The maximum Gasteiger partial charge on any atom is 0.239 e. The molecule has 4 nitrogen and oxygen atoms in total. The minimum Gasteiger partial charge on any atom is -0.383 e. The van der Waals surface area contributed by atoms with Crippen molar-refractivity contribution >= 4 is 5.91 Å². The second-order valence-electron chi connectivity index (χ2n) is 4.55. The van der Waals surface area contributed by atoms with Crippen molar-refractivity contribution in [2.24, 2.45) is 5.73 Å². The van der Waals surface area contributed by atoms with Crippen LogP contribution in [0, 0.1) is 0 Å². The van der Waals surface area contributed by atoms with E-state index in [-0.39, 0.29) is 11.9 Å². The second kappa shape index (κ2) is 7.13. The molecular formula is C14H22N2O2. The van der Waals surface area contributed by atoms with Gasteiger partial charge in [-0.05, 0) is 18.9 Å². The lowest BCUT2D eigenvalue weighted by Crippen LogP contribution is -2.47. The van der Waals surface area contributed by atoms with E-state index in [1.807, 2.05) is 37.3 Å². The van der Waals surface area contributed by atoms with E-state index in [1.165, 1.54) is 0 Å². The lowest BCUT2D eigenvalue weighted by atomic mass is 10.1. The van der Waals surface area contributed by atoms with Crippen molar-refractivity contribution in [2.45, 2.75) is 25.4 Å². The molecular weight excluding hydrogens is 228 g/mol. The minimum atomic E-state index is -0.503. The van der Waals surface area contributed by atoms with Crippen LogP contribution in [0.5, 0.6) is 0 Å². The molecule has 0 aliphatic rings. The summed E-state index contributed by atoms with van der Waals surface area (Å²) >= 11 is 0. The predicted molar refractivity (Wildman–Crippen MR) is 72.2 cm³/mol. The number of benzene rings is 1. The molecule has 0 saturated carbocycles. The Morgan fingerprint density at radius 3 is 2.56 bits per heavy atom. The van der Waals surface area contributed by atoms with E-state index in [0.29, 0.717) is 13.0 Å². The number of nitrogens with two attached hydrogens (primary N) is 1. The summed E-state index contributed by atoms with van der Waals surface area (Å²) in [5.41, 5.74) is 7.03. The number of ether oxygens (including phenoxy) is 1. The van der Waals surface area contributed by atoms with Crippen LogP contribution in [-0.4, -0.2) is 43.7 Å². The summed E-state index contributed by atoms with van der Waals surface area (Å²) in [6, 6.07) is 9.33. The highest BCUT2D eigenvalue weighted by Gasteiger charge is 2.21. The summed E-state index contributed by atoms with van der Waals surface area (Å²) in [5, 5.41) is 0. The first-order chi connectivity index (χ1) is 8.56. The molecule has 0 aliphatic heterocycles. The molecule has 0 heterocycles. The van der Waals surface area contributed by atoms with Gasteiger partial charge in [-0.3, -0.25) is 4.79 Å². The fourth-order valence-corrected chi connectivity index (χ4v) is 1.79. The number of methoxy groups -OCH3 is 1.